The molecule has 1 heterocycles. The number of halogens is 1. The van der Waals surface area contributed by atoms with E-state index >= 15 is 0 Å². The van der Waals surface area contributed by atoms with Crippen molar-refractivity contribution in [2.75, 3.05) is 23.8 Å². The van der Waals surface area contributed by atoms with Gasteiger partial charge in [0, 0.05) is 12.2 Å². The second-order valence-corrected chi connectivity index (χ2v) is 5.12. The normalized spacial score (nSPS) is 17.4. The van der Waals surface area contributed by atoms with Crippen molar-refractivity contribution in [2.45, 2.75) is 11.8 Å². The average Bonchev–Trinajstić information content (AvgIpc) is 2.19. The first-order chi connectivity index (χ1) is 7.04. The Labute approximate surface area is 101 Å². The zero-order valence-electron chi connectivity index (χ0n) is 8.80. The second kappa shape index (κ2) is 4.48. The first-order valence-electron chi connectivity index (χ1n) is 4.69. The van der Waals surface area contributed by atoms with E-state index in [-0.39, 0.29) is 17.3 Å². The lowest BCUT2D eigenvalue weighted by molar-refractivity contribution is 0.572. The highest BCUT2D eigenvalue weighted by atomic mass is 35.5. The molecule has 1 aromatic rings. The van der Waals surface area contributed by atoms with Crippen molar-refractivity contribution in [3.63, 3.8) is 0 Å². The lowest BCUT2D eigenvalue weighted by Gasteiger charge is -2.30. The van der Waals surface area contributed by atoms with Gasteiger partial charge in [-0.15, -0.1) is 12.4 Å². The number of nitrogen functional groups attached to an aromatic ring is 1. The van der Waals surface area contributed by atoms with Gasteiger partial charge in [-0.3, -0.25) is 0 Å². The maximum absolute atomic E-state index is 11.7. The Bertz CT molecular complexity index is 490. The van der Waals surface area contributed by atoms with E-state index < -0.39 is 10.0 Å². The maximum atomic E-state index is 11.7. The van der Waals surface area contributed by atoms with E-state index in [0.717, 1.165) is 6.54 Å². The molecule has 1 aromatic carbocycles. The molecule has 0 amide bonds. The number of nitrogens with two attached hydrogens (primary N) is 1. The van der Waals surface area contributed by atoms with Gasteiger partial charge in [-0.1, -0.05) is 0 Å². The molecule has 7 heteroatoms. The van der Waals surface area contributed by atoms with Crippen molar-refractivity contribution in [1.29, 1.82) is 0 Å². The van der Waals surface area contributed by atoms with E-state index in [9.17, 15) is 8.42 Å². The summed E-state index contributed by atoms with van der Waals surface area (Å²) < 4.78 is 25.9. The number of hydrogen-bond acceptors (Lipinski definition) is 4. The summed E-state index contributed by atoms with van der Waals surface area (Å²) in [6, 6.07) is 4.94. The van der Waals surface area contributed by atoms with E-state index in [2.05, 4.69) is 4.72 Å². The molecule has 0 radical (unpaired) electrons. The fourth-order valence-corrected chi connectivity index (χ4v) is 2.86. The minimum Gasteiger partial charge on any atom is -0.399 e. The average molecular weight is 264 g/mol. The predicted octanol–water partition coefficient (Wildman–Crippen LogP) is 0.766. The molecule has 16 heavy (non-hydrogen) atoms. The molecule has 0 unspecified atom stereocenters. The molecule has 0 spiro atoms. The predicted molar refractivity (Wildman–Crippen MR) is 66.3 cm³/mol. The number of fused-ring (bicyclic) bond motifs is 1. The largest absolute Gasteiger partial charge is 0.399 e. The molecule has 1 aliphatic heterocycles. The standard InChI is InChI=1S/C9H13N3O2S.ClH/c1-2-12-6-11-15(13,14)9-5-7(10)3-4-8(9)12;/h3-5,11H,2,6,10H2,1H3;1H. The summed E-state index contributed by atoms with van der Waals surface area (Å²) in [5.74, 6) is 0. The van der Waals surface area contributed by atoms with Crippen molar-refractivity contribution in [3.8, 4) is 0 Å². The van der Waals surface area contributed by atoms with Crippen molar-refractivity contribution in [2.24, 2.45) is 0 Å². The molecule has 0 fully saturated rings. The lowest BCUT2D eigenvalue weighted by atomic mass is 10.2. The summed E-state index contributed by atoms with van der Waals surface area (Å²) in [5.41, 5.74) is 6.75. The van der Waals surface area contributed by atoms with Gasteiger partial charge in [0.2, 0.25) is 10.0 Å². The molecular formula is C9H14ClN3O2S. The Kier molecular flexibility index (Phi) is 3.67. The van der Waals surface area contributed by atoms with E-state index in [0.29, 0.717) is 18.0 Å². The van der Waals surface area contributed by atoms with Gasteiger partial charge in [0.15, 0.2) is 0 Å². The number of rotatable bonds is 1. The minimum absolute atomic E-state index is 0. The third-order valence-corrected chi connectivity index (χ3v) is 3.86. The van der Waals surface area contributed by atoms with Gasteiger partial charge >= 0.3 is 0 Å². The van der Waals surface area contributed by atoms with E-state index in [1.807, 2.05) is 11.8 Å². The van der Waals surface area contributed by atoms with Gasteiger partial charge < -0.3 is 10.6 Å². The molecule has 0 aromatic heterocycles. The molecule has 0 saturated heterocycles. The Morgan fingerprint density at radius 2 is 2.19 bits per heavy atom. The molecule has 0 atom stereocenters. The van der Waals surface area contributed by atoms with Crippen LogP contribution in [0.15, 0.2) is 23.1 Å². The van der Waals surface area contributed by atoms with Gasteiger partial charge in [-0.2, -0.15) is 4.72 Å². The smallest absolute Gasteiger partial charge is 0.244 e. The van der Waals surface area contributed by atoms with Crippen LogP contribution in [-0.2, 0) is 10.0 Å². The number of anilines is 2. The van der Waals surface area contributed by atoms with Gasteiger partial charge in [-0.25, -0.2) is 8.42 Å². The summed E-state index contributed by atoms with van der Waals surface area (Å²) in [5, 5.41) is 0. The second-order valence-electron chi connectivity index (χ2n) is 3.39. The molecule has 0 saturated carbocycles. The van der Waals surface area contributed by atoms with Crippen LogP contribution in [0, 0.1) is 0 Å². The van der Waals surface area contributed by atoms with Gasteiger partial charge in [-0.05, 0) is 25.1 Å². The van der Waals surface area contributed by atoms with Crippen molar-refractivity contribution in [3.05, 3.63) is 18.2 Å². The van der Waals surface area contributed by atoms with Crippen LogP contribution in [0.4, 0.5) is 11.4 Å². The number of nitrogens with zero attached hydrogens (tertiary/aromatic N) is 1. The van der Waals surface area contributed by atoms with Gasteiger partial charge in [0.25, 0.3) is 0 Å². The van der Waals surface area contributed by atoms with Crippen LogP contribution in [0.5, 0.6) is 0 Å². The summed E-state index contributed by atoms with van der Waals surface area (Å²) >= 11 is 0. The van der Waals surface area contributed by atoms with E-state index in [1.54, 1.807) is 12.1 Å². The highest BCUT2D eigenvalue weighted by Crippen LogP contribution is 2.29. The van der Waals surface area contributed by atoms with Crippen LogP contribution in [0.25, 0.3) is 0 Å². The van der Waals surface area contributed by atoms with Crippen LogP contribution in [0.1, 0.15) is 6.92 Å². The summed E-state index contributed by atoms with van der Waals surface area (Å²) in [6.45, 7) is 3.04. The molecule has 1 aliphatic rings. The zero-order valence-corrected chi connectivity index (χ0v) is 10.4. The van der Waals surface area contributed by atoms with Crippen LogP contribution in [0.2, 0.25) is 0 Å². The molecule has 0 bridgehead atoms. The Morgan fingerprint density at radius 1 is 1.50 bits per heavy atom. The van der Waals surface area contributed by atoms with Crippen LogP contribution < -0.4 is 15.4 Å². The van der Waals surface area contributed by atoms with Crippen molar-refractivity contribution >= 4 is 33.8 Å². The van der Waals surface area contributed by atoms with E-state index in [4.69, 9.17) is 5.73 Å². The van der Waals surface area contributed by atoms with Crippen LogP contribution in [0.3, 0.4) is 0 Å². The molecular weight excluding hydrogens is 250 g/mol. The summed E-state index contributed by atoms with van der Waals surface area (Å²) in [4.78, 5) is 2.20. The van der Waals surface area contributed by atoms with Crippen molar-refractivity contribution < 1.29 is 8.42 Å². The first kappa shape index (κ1) is 13.1. The SMILES string of the molecule is CCN1CNS(=O)(=O)c2cc(N)ccc21.Cl. The maximum Gasteiger partial charge on any atom is 0.244 e. The van der Waals surface area contributed by atoms with E-state index in [1.165, 1.54) is 6.07 Å². The monoisotopic (exact) mass is 263 g/mol. The summed E-state index contributed by atoms with van der Waals surface area (Å²) in [6.07, 6.45) is 0. The molecule has 5 nitrogen and oxygen atoms in total. The topological polar surface area (TPSA) is 75.4 Å². The van der Waals surface area contributed by atoms with Crippen molar-refractivity contribution in [1.82, 2.24) is 4.72 Å². The number of sulfonamides is 1. The third kappa shape index (κ3) is 2.09. The Balaban J connectivity index is 0.00000128. The quantitative estimate of drug-likeness (QED) is 0.734. The van der Waals surface area contributed by atoms with Gasteiger partial charge in [0.1, 0.15) is 4.90 Å². The molecule has 2 rings (SSSR count). The number of hydrogen-bond donors (Lipinski definition) is 2. The molecule has 3 N–H and O–H groups in total. The third-order valence-electron chi connectivity index (χ3n) is 2.44. The fraction of sp³-hybridized carbons (Fsp3) is 0.333. The Hall–Kier alpha value is -0.980. The zero-order chi connectivity index (χ0) is 11.1. The summed E-state index contributed by atoms with van der Waals surface area (Å²) in [7, 11) is -3.38. The number of benzene rings is 1. The highest BCUT2D eigenvalue weighted by molar-refractivity contribution is 7.89. The highest BCUT2D eigenvalue weighted by Gasteiger charge is 2.26. The Morgan fingerprint density at radius 3 is 2.81 bits per heavy atom. The van der Waals surface area contributed by atoms with Crippen LogP contribution >= 0.6 is 12.4 Å². The first-order valence-corrected chi connectivity index (χ1v) is 6.17. The number of nitrogens with one attached hydrogen (secondary N) is 1. The van der Waals surface area contributed by atoms with Gasteiger partial charge in [0.05, 0.1) is 12.4 Å². The van der Waals surface area contributed by atoms with Crippen LogP contribution in [-0.4, -0.2) is 21.6 Å². The molecule has 0 aliphatic carbocycles. The lowest BCUT2D eigenvalue weighted by Crippen LogP contribution is -2.43. The molecule has 90 valence electrons. The fourth-order valence-electron chi connectivity index (χ4n) is 1.62. The minimum atomic E-state index is -3.38.